The second kappa shape index (κ2) is 12.1. The molecule has 154 valence electrons. The van der Waals surface area contributed by atoms with Gasteiger partial charge in [0.05, 0.1) is 24.3 Å². The topological polar surface area (TPSA) is 59.3 Å². The minimum Gasteiger partial charge on any atom is -0.463 e. The van der Waals surface area contributed by atoms with Crippen molar-refractivity contribution in [1.29, 1.82) is 5.26 Å². The Hall–Kier alpha value is -2.56. The highest BCUT2D eigenvalue weighted by molar-refractivity contribution is 5.81. The summed E-state index contributed by atoms with van der Waals surface area (Å²) >= 11 is 0. The third kappa shape index (κ3) is 8.55. The van der Waals surface area contributed by atoms with E-state index < -0.39 is 0 Å². The SMILES string of the molecule is C=CC(=O)OCCCCCCOC1CCC(C)(C#Cc2ccc(C#N)cc2)CC1. The molecule has 0 saturated heterocycles. The molecule has 0 aliphatic heterocycles. The van der Waals surface area contributed by atoms with Gasteiger partial charge in [0, 0.05) is 23.7 Å². The molecule has 4 heteroatoms. The number of carbonyl (C=O) groups is 1. The van der Waals surface area contributed by atoms with Crippen molar-refractivity contribution in [2.45, 2.75) is 64.4 Å². The van der Waals surface area contributed by atoms with Crippen LogP contribution in [0.15, 0.2) is 36.9 Å². The molecule has 0 aromatic heterocycles. The second-order valence-corrected chi connectivity index (χ2v) is 7.86. The number of esters is 1. The lowest BCUT2D eigenvalue weighted by molar-refractivity contribution is -0.137. The summed E-state index contributed by atoms with van der Waals surface area (Å²) in [6.07, 6.45) is 9.81. The zero-order valence-corrected chi connectivity index (χ0v) is 17.4. The highest BCUT2D eigenvalue weighted by Gasteiger charge is 2.29. The van der Waals surface area contributed by atoms with Gasteiger partial charge >= 0.3 is 5.97 Å². The van der Waals surface area contributed by atoms with Crippen LogP contribution in [-0.4, -0.2) is 25.3 Å². The second-order valence-electron chi connectivity index (χ2n) is 7.86. The Morgan fingerprint density at radius 2 is 1.76 bits per heavy atom. The van der Waals surface area contributed by atoms with Gasteiger partial charge in [0.1, 0.15) is 0 Å². The van der Waals surface area contributed by atoms with Gasteiger partial charge in [-0.05, 0) is 76.1 Å². The minimum absolute atomic E-state index is 0.0383. The molecule has 29 heavy (non-hydrogen) atoms. The fourth-order valence-corrected chi connectivity index (χ4v) is 3.41. The Bertz CT molecular complexity index is 756. The minimum atomic E-state index is -0.348. The van der Waals surface area contributed by atoms with E-state index in [1.54, 1.807) is 0 Å². The molecule has 0 atom stereocenters. The van der Waals surface area contributed by atoms with Crippen molar-refractivity contribution >= 4 is 5.97 Å². The van der Waals surface area contributed by atoms with E-state index in [9.17, 15) is 4.79 Å². The fourth-order valence-electron chi connectivity index (χ4n) is 3.41. The van der Waals surface area contributed by atoms with Crippen LogP contribution in [0.2, 0.25) is 0 Å². The predicted octanol–water partition coefficient (Wildman–Crippen LogP) is 5.16. The van der Waals surface area contributed by atoms with E-state index >= 15 is 0 Å². The quantitative estimate of drug-likeness (QED) is 0.251. The summed E-state index contributed by atoms with van der Waals surface area (Å²) in [4.78, 5) is 10.9. The zero-order valence-electron chi connectivity index (χ0n) is 17.4. The first kappa shape index (κ1) is 22.7. The first-order chi connectivity index (χ1) is 14.0. The van der Waals surface area contributed by atoms with E-state index in [0.717, 1.165) is 63.5 Å². The summed E-state index contributed by atoms with van der Waals surface area (Å²) in [5, 5.41) is 8.86. The maximum Gasteiger partial charge on any atom is 0.330 e. The first-order valence-corrected chi connectivity index (χ1v) is 10.5. The Labute approximate surface area is 174 Å². The summed E-state index contributed by atoms with van der Waals surface area (Å²) < 4.78 is 11.0. The number of rotatable bonds is 9. The highest BCUT2D eigenvalue weighted by atomic mass is 16.5. The van der Waals surface area contributed by atoms with Crippen LogP contribution in [0.25, 0.3) is 0 Å². The van der Waals surface area contributed by atoms with Gasteiger partial charge < -0.3 is 9.47 Å². The van der Waals surface area contributed by atoms with Crippen molar-refractivity contribution in [2.24, 2.45) is 5.41 Å². The normalized spacial score (nSPS) is 20.8. The number of nitriles is 1. The maximum atomic E-state index is 10.9. The van der Waals surface area contributed by atoms with Crippen LogP contribution in [-0.2, 0) is 14.3 Å². The molecule has 4 nitrogen and oxygen atoms in total. The summed E-state index contributed by atoms with van der Waals surface area (Å²) in [6, 6.07) is 9.57. The number of ether oxygens (including phenoxy) is 2. The third-order valence-corrected chi connectivity index (χ3v) is 5.36. The summed E-state index contributed by atoms with van der Waals surface area (Å²) in [5.74, 6) is 6.37. The lowest BCUT2D eigenvalue weighted by Gasteiger charge is -2.33. The molecule has 1 aromatic rings. The van der Waals surface area contributed by atoms with Gasteiger partial charge in [-0.15, -0.1) is 0 Å². The molecule has 1 saturated carbocycles. The van der Waals surface area contributed by atoms with Gasteiger partial charge in [0.2, 0.25) is 0 Å². The molecule has 0 bridgehead atoms. The average Bonchev–Trinajstić information content (AvgIpc) is 2.75. The Kier molecular flexibility index (Phi) is 9.48. The zero-order chi connectivity index (χ0) is 21.0. The van der Waals surface area contributed by atoms with Gasteiger partial charge in [-0.25, -0.2) is 4.79 Å². The number of hydrogen-bond acceptors (Lipinski definition) is 4. The number of unbranched alkanes of at least 4 members (excludes halogenated alkanes) is 3. The van der Waals surface area contributed by atoms with E-state index in [4.69, 9.17) is 14.7 Å². The first-order valence-electron chi connectivity index (χ1n) is 10.5. The van der Waals surface area contributed by atoms with Crippen molar-refractivity contribution in [3.8, 4) is 17.9 Å². The molecule has 1 aliphatic rings. The molecule has 0 N–H and O–H groups in total. The predicted molar refractivity (Wildman–Crippen MR) is 114 cm³/mol. The summed E-state index contributed by atoms with van der Waals surface area (Å²) in [5.41, 5.74) is 1.66. The van der Waals surface area contributed by atoms with Gasteiger partial charge in [-0.1, -0.05) is 24.8 Å². The summed E-state index contributed by atoms with van der Waals surface area (Å²) in [7, 11) is 0. The number of nitrogens with zero attached hydrogens (tertiary/aromatic N) is 1. The summed E-state index contributed by atoms with van der Waals surface area (Å²) in [6.45, 7) is 6.88. The molecule has 1 aromatic carbocycles. The van der Waals surface area contributed by atoms with Gasteiger partial charge in [0.25, 0.3) is 0 Å². The van der Waals surface area contributed by atoms with Crippen LogP contribution in [0.3, 0.4) is 0 Å². The molecule has 0 spiro atoms. The van der Waals surface area contributed by atoms with Gasteiger partial charge in [-0.3, -0.25) is 0 Å². The molecule has 0 unspecified atom stereocenters. The largest absolute Gasteiger partial charge is 0.463 e. The van der Waals surface area contributed by atoms with E-state index in [1.165, 1.54) is 6.08 Å². The molecule has 2 rings (SSSR count). The molecule has 1 aliphatic carbocycles. The fraction of sp³-hybridized carbons (Fsp3) is 0.520. The lowest BCUT2D eigenvalue weighted by Crippen LogP contribution is -2.28. The van der Waals surface area contributed by atoms with Crippen molar-refractivity contribution in [3.05, 3.63) is 48.0 Å². The van der Waals surface area contributed by atoms with Crippen LogP contribution >= 0.6 is 0 Å². The Balaban J connectivity index is 1.60. The van der Waals surface area contributed by atoms with Crippen molar-refractivity contribution in [1.82, 2.24) is 0 Å². The molecule has 1 fully saturated rings. The standard InChI is InChI=1S/C25H31NO3/c1-3-24(27)29-19-7-5-4-6-18-28-23-13-16-25(2,17-14-23)15-12-21-8-10-22(20-26)11-9-21/h3,8-11,23H,1,4-7,13-14,16-19H2,2H3. The highest BCUT2D eigenvalue weighted by Crippen LogP contribution is 2.36. The van der Waals surface area contributed by atoms with Crippen molar-refractivity contribution in [2.75, 3.05) is 13.2 Å². The number of carbonyl (C=O) groups excluding carboxylic acids is 1. The molecular weight excluding hydrogens is 362 g/mol. The van der Waals surface area contributed by atoms with Crippen molar-refractivity contribution < 1.29 is 14.3 Å². The Morgan fingerprint density at radius 1 is 1.14 bits per heavy atom. The molecular formula is C25H31NO3. The van der Waals surface area contributed by atoms with Crippen LogP contribution in [0.5, 0.6) is 0 Å². The van der Waals surface area contributed by atoms with Crippen LogP contribution in [0.4, 0.5) is 0 Å². The molecule has 0 amide bonds. The van der Waals surface area contributed by atoms with E-state index in [0.29, 0.717) is 18.3 Å². The van der Waals surface area contributed by atoms with Crippen LogP contribution in [0, 0.1) is 28.6 Å². The maximum absolute atomic E-state index is 10.9. The van der Waals surface area contributed by atoms with Crippen molar-refractivity contribution in [3.63, 3.8) is 0 Å². The number of hydrogen-bond donors (Lipinski definition) is 0. The molecule has 0 radical (unpaired) electrons. The average molecular weight is 394 g/mol. The number of benzene rings is 1. The monoisotopic (exact) mass is 393 g/mol. The third-order valence-electron chi connectivity index (χ3n) is 5.36. The van der Waals surface area contributed by atoms with E-state index in [2.05, 4.69) is 31.4 Å². The van der Waals surface area contributed by atoms with E-state index in [1.807, 2.05) is 24.3 Å². The smallest absolute Gasteiger partial charge is 0.330 e. The molecule has 0 heterocycles. The van der Waals surface area contributed by atoms with E-state index in [-0.39, 0.29) is 11.4 Å². The van der Waals surface area contributed by atoms with Crippen LogP contribution < -0.4 is 0 Å². The Morgan fingerprint density at radius 3 is 2.38 bits per heavy atom. The van der Waals surface area contributed by atoms with Crippen LogP contribution in [0.1, 0.15) is 69.4 Å². The van der Waals surface area contributed by atoms with Gasteiger partial charge in [-0.2, -0.15) is 5.26 Å². The van der Waals surface area contributed by atoms with Gasteiger partial charge in [0.15, 0.2) is 0 Å². The lowest BCUT2D eigenvalue weighted by atomic mass is 9.75.